The average Bonchev–Trinajstić information content (AvgIpc) is 3.10. The summed E-state index contributed by atoms with van der Waals surface area (Å²) in [4.78, 5) is 12.1. The molecule has 0 aliphatic heterocycles. The van der Waals surface area contributed by atoms with E-state index in [4.69, 9.17) is 11.6 Å². The molecule has 2 aromatic rings. The Morgan fingerprint density at radius 1 is 1.41 bits per heavy atom. The van der Waals surface area contributed by atoms with Gasteiger partial charge in [0.25, 0.3) is 12.3 Å². The number of amides is 1. The van der Waals surface area contributed by atoms with Crippen LogP contribution in [0.2, 0.25) is 5.02 Å². The molecule has 1 heterocycles. The first-order chi connectivity index (χ1) is 10.5. The Hall–Kier alpha value is -1.95. The van der Waals surface area contributed by atoms with E-state index >= 15 is 0 Å². The average molecular weight is 326 g/mol. The maximum atomic E-state index is 12.9. The van der Waals surface area contributed by atoms with Crippen LogP contribution in [0.1, 0.15) is 40.4 Å². The van der Waals surface area contributed by atoms with Crippen LogP contribution in [0, 0.1) is 0 Å². The van der Waals surface area contributed by atoms with Crippen LogP contribution in [0.3, 0.4) is 0 Å². The van der Waals surface area contributed by atoms with E-state index in [1.807, 2.05) is 12.1 Å². The molecule has 2 atom stereocenters. The van der Waals surface area contributed by atoms with Gasteiger partial charge in [0.2, 0.25) is 0 Å². The molecule has 7 heteroatoms. The van der Waals surface area contributed by atoms with Crippen molar-refractivity contribution in [3.63, 3.8) is 0 Å². The minimum absolute atomic E-state index is 0.0422. The van der Waals surface area contributed by atoms with E-state index in [0.29, 0.717) is 5.02 Å². The molecule has 0 radical (unpaired) electrons. The second-order valence-electron chi connectivity index (χ2n) is 5.38. The van der Waals surface area contributed by atoms with Crippen molar-refractivity contribution in [2.45, 2.75) is 24.8 Å². The van der Waals surface area contributed by atoms with Crippen molar-refractivity contribution in [2.75, 3.05) is 0 Å². The number of aromatic nitrogens is 2. The molecule has 1 aromatic heterocycles. The fraction of sp³-hybridized carbons (Fsp3) is 0.333. The SMILES string of the molecule is Cn1cc(C(=O)NC2CC2c2ccc(Cl)cc2)c(C(F)F)n1. The smallest absolute Gasteiger partial charge is 0.282 e. The van der Waals surface area contributed by atoms with Crippen molar-refractivity contribution < 1.29 is 13.6 Å². The van der Waals surface area contributed by atoms with E-state index in [1.165, 1.54) is 17.9 Å². The van der Waals surface area contributed by atoms with Crippen LogP contribution < -0.4 is 5.32 Å². The molecule has 1 amide bonds. The van der Waals surface area contributed by atoms with Crippen molar-refractivity contribution in [3.05, 3.63) is 52.3 Å². The molecule has 1 saturated carbocycles. The number of carbonyl (C=O) groups is 1. The zero-order valence-electron chi connectivity index (χ0n) is 11.8. The van der Waals surface area contributed by atoms with Gasteiger partial charge in [0.15, 0.2) is 0 Å². The lowest BCUT2D eigenvalue weighted by Gasteiger charge is -2.05. The number of nitrogens with one attached hydrogen (secondary N) is 1. The minimum Gasteiger partial charge on any atom is -0.349 e. The summed E-state index contributed by atoms with van der Waals surface area (Å²) in [5.74, 6) is -0.308. The predicted octanol–water partition coefficient (Wildman–Crippen LogP) is 3.30. The summed E-state index contributed by atoms with van der Waals surface area (Å²) in [6.45, 7) is 0. The molecular formula is C15H14ClF2N3O. The van der Waals surface area contributed by atoms with Gasteiger partial charge >= 0.3 is 0 Å². The lowest BCUT2D eigenvalue weighted by atomic mass is 10.1. The summed E-state index contributed by atoms with van der Waals surface area (Å²) in [5.41, 5.74) is 0.526. The summed E-state index contributed by atoms with van der Waals surface area (Å²) in [5, 5.41) is 7.07. The van der Waals surface area contributed by atoms with Crippen LogP contribution >= 0.6 is 11.6 Å². The molecule has 2 unspecified atom stereocenters. The number of halogens is 3. The van der Waals surface area contributed by atoms with Crippen molar-refractivity contribution in [3.8, 4) is 0 Å². The highest BCUT2D eigenvalue weighted by atomic mass is 35.5. The van der Waals surface area contributed by atoms with Gasteiger partial charge in [-0.15, -0.1) is 0 Å². The number of alkyl halides is 2. The zero-order valence-corrected chi connectivity index (χ0v) is 12.5. The number of hydrogen-bond acceptors (Lipinski definition) is 2. The third-order valence-corrected chi connectivity index (χ3v) is 3.97. The highest BCUT2D eigenvalue weighted by molar-refractivity contribution is 6.30. The third kappa shape index (κ3) is 2.97. The summed E-state index contributed by atoms with van der Waals surface area (Å²) in [6.07, 6.45) is -0.665. The lowest BCUT2D eigenvalue weighted by molar-refractivity contribution is 0.0935. The van der Waals surface area contributed by atoms with Crippen molar-refractivity contribution in [1.82, 2.24) is 15.1 Å². The molecule has 22 heavy (non-hydrogen) atoms. The molecule has 1 fully saturated rings. The molecule has 3 rings (SSSR count). The fourth-order valence-corrected chi connectivity index (χ4v) is 2.65. The Labute approximate surface area is 131 Å². The highest BCUT2D eigenvalue weighted by Crippen LogP contribution is 2.41. The molecule has 1 aliphatic carbocycles. The number of rotatable bonds is 4. The summed E-state index contributed by atoms with van der Waals surface area (Å²) in [6, 6.07) is 7.37. The van der Waals surface area contributed by atoms with E-state index in [1.54, 1.807) is 12.1 Å². The molecular weight excluding hydrogens is 312 g/mol. The van der Waals surface area contributed by atoms with Crippen LogP contribution in [0.15, 0.2) is 30.5 Å². The van der Waals surface area contributed by atoms with Crippen LogP contribution in [0.5, 0.6) is 0 Å². The van der Waals surface area contributed by atoms with Gasteiger partial charge in [0.05, 0.1) is 5.56 Å². The second kappa shape index (κ2) is 5.68. The lowest BCUT2D eigenvalue weighted by Crippen LogP contribution is -2.27. The predicted molar refractivity (Wildman–Crippen MR) is 78.2 cm³/mol. The van der Waals surface area contributed by atoms with Crippen LogP contribution in [-0.2, 0) is 7.05 Å². The Balaban J connectivity index is 1.68. The monoisotopic (exact) mass is 325 g/mol. The van der Waals surface area contributed by atoms with Crippen molar-refractivity contribution in [2.24, 2.45) is 7.05 Å². The zero-order chi connectivity index (χ0) is 15.9. The quantitative estimate of drug-likeness (QED) is 0.937. The van der Waals surface area contributed by atoms with E-state index in [-0.39, 0.29) is 17.5 Å². The molecule has 0 bridgehead atoms. The van der Waals surface area contributed by atoms with Crippen LogP contribution in [0.25, 0.3) is 0 Å². The molecule has 1 aromatic carbocycles. The number of nitrogens with zero attached hydrogens (tertiary/aromatic N) is 2. The van der Waals surface area contributed by atoms with Gasteiger partial charge in [0.1, 0.15) is 5.69 Å². The van der Waals surface area contributed by atoms with Gasteiger partial charge < -0.3 is 5.32 Å². The van der Waals surface area contributed by atoms with Gasteiger partial charge in [-0.25, -0.2) is 8.78 Å². The fourth-order valence-electron chi connectivity index (χ4n) is 2.52. The number of hydrogen-bond donors (Lipinski definition) is 1. The minimum atomic E-state index is -2.77. The number of aryl methyl sites for hydroxylation is 1. The Bertz CT molecular complexity index is 699. The van der Waals surface area contributed by atoms with Crippen LogP contribution in [-0.4, -0.2) is 21.7 Å². The first kappa shape index (κ1) is 15.0. The van der Waals surface area contributed by atoms with Gasteiger partial charge in [-0.05, 0) is 24.1 Å². The highest BCUT2D eigenvalue weighted by Gasteiger charge is 2.40. The first-order valence-corrected chi connectivity index (χ1v) is 7.21. The standard InChI is InChI=1S/C15H14ClF2N3O/c1-21-7-11(13(20-21)14(17)18)15(22)19-12-6-10(12)8-2-4-9(16)5-3-8/h2-5,7,10,12,14H,6H2,1H3,(H,19,22). The molecule has 4 nitrogen and oxygen atoms in total. The molecule has 1 aliphatic rings. The molecule has 0 spiro atoms. The Morgan fingerprint density at radius 3 is 2.73 bits per heavy atom. The van der Waals surface area contributed by atoms with E-state index in [9.17, 15) is 13.6 Å². The normalized spacial score (nSPS) is 20.2. The van der Waals surface area contributed by atoms with Gasteiger partial charge in [0, 0.05) is 30.2 Å². The topological polar surface area (TPSA) is 46.9 Å². The Kier molecular flexibility index (Phi) is 3.87. The van der Waals surface area contributed by atoms with Gasteiger partial charge in [-0.1, -0.05) is 23.7 Å². The molecule has 116 valence electrons. The molecule has 1 N–H and O–H groups in total. The van der Waals surface area contributed by atoms with Crippen LogP contribution in [0.4, 0.5) is 8.78 Å². The maximum absolute atomic E-state index is 12.9. The summed E-state index contributed by atoms with van der Waals surface area (Å²) in [7, 11) is 1.51. The van der Waals surface area contributed by atoms with Crippen molar-refractivity contribution in [1.29, 1.82) is 0 Å². The number of benzene rings is 1. The van der Waals surface area contributed by atoms with Gasteiger partial charge in [-0.2, -0.15) is 5.10 Å². The largest absolute Gasteiger partial charge is 0.349 e. The van der Waals surface area contributed by atoms with Crippen molar-refractivity contribution >= 4 is 17.5 Å². The first-order valence-electron chi connectivity index (χ1n) is 6.83. The molecule has 0 saturated heterocycles. The van der Waals surface area contributed by atoms with Gasteiger partial charge in [-0.3, -0.25) is 9.48 Å². The maximum Gasteiger partial charge on any atom is 0.282 e. The van der Waals surface area contributed by atoms with E-state index in [2.05, 4.69) is 10.4 Å². The summed E-state index contributed by atoms with van der Waals surface area (Å²) < 4.78 is 27.0. The second-order valence-corrected chi connectivity index (χ2v) is 5.81. The Morgan fingerprint density at radius 2 is 2.09 bits per heavy atom. The van der Waals surface area contributed by atoms with E-state index in [0.717, 1.165) is 12.0 Å². The third-order valence-electron chi connectivity index (χ3n) is 3.71. The summed E-state index contributed by atoms with van der Waals surface area (Å²) >= 11 is 5.84. The van der Waals surface area contributed by atoms with E-state index < -0.39 is 18.0 Å². The number of carbonyl (C=O) groups excluding carboxylic acids is 1.